The maximum atomic E-state index is 5.49. The van der Waals surface area contributed by atoms with Gasteiger partial charge < -0.3 is 5.43 Å². The average Bonchev–Trinajstić information content (AvgIpc) is 2.40. The number of nitrogens with zero attached hydrogens (tertiary/aromatic N) is 2. The third-order valence-electron chi connectivity index (χ3n) is 2.90. The first kappa shape index (κ1) is 14.9. The largest absolute Gasteiger partial charge is 0.308 e. The first-order chi connectivity index (χ1) is 9.58. The van der Waals surface area contributed by atoms with Crippen LogP contribution in [-0.2, 0) is 12.8 Å². The minimum absolute atomic E-state index is 0.548. The van der Waals surface area contributed by atoms with Crippen molar-refractivity contribution in [2.45, 2.75) is 26.7 Å². The van der Waals surface area contributed by atoms with Crippen LogP contribution in [0.3, 0.4) is 0 Å². The molecule has 106 valence electrons. The van der Waals surface area contributed by atoms with E-state index in [2.05, 4.69) is 51.2 Å². The Labute approximate surface area is 127 Å². The van der Waals surface area contributed by atoms with E-state index >= 15 is 0 Å². The molecule has 0 aliphatic rings. The van der Waals surface area contributed by atoms with Crippen LogP contribution < -0.4 is 11.3 Å². The summed E-state index contributed by atoms with van der Waals surface area (Å²) in [5, 5.41) is 0. The van der Waals surface area contributed by atoms with Gasteiger partial charge in [-0.2, -0.15) is 0 Å². The average molecular weight is 335 g/mol. The van der Waals surface area contributed by atoms with Crippen LogP contribution >= 0.6 is 15.9 Å². The van der Waals surface area contributed by atoms with Crippen molar-refractivity contribution in [1.82, 2.24) is 9.97 Å². The van der Waals surface area contributed by atoms with Crippen LogP contribution in [0, 0.1) is 5.92 Å². The van der Waals surface area contributed by atoms with Gasteiger partial charge in [0.05, 0.1) is 0 Å². The quantitative estimate of drug-likeness (QED) is 0.650. The molecular weight excluding hydrogens is 316 g/mol. The molecular formula is C15H19BrN4. The Bertz CT molecular complexity index is 584. The van der Waals surface area contributed by atoms with E-state index in [4.69, 9.17) is 5.84 Å². The van der Waals surface area contributed by atoms with Crippen LogP contribution in [0.15, 0.2) is 34.8 Å². The lowest BCUT2D eigenvalue weighted by molar-refractivity contribution is 0.631. The maximum Gasteiger partial charge on any atom is 0.143 e. The molecule has 3 N–H and O–H groups in total. The third kappa shape index (κ3) is 4.02. The summed E-state index contributed by atoms with van der Waals surface area (Å²) in [5.74, 6) is 7.49. The zero-order valence-electron chi connectivity index (χ0n) is 11.7. The number of hydrogen-bond donors (Lipinski definition) is 2. The molecule has 1 aromatic heterocycles. The summed E-state index contributed by atoms with van der Waals surface area (Å²) in [6, 6.07) is 10.0. The minimum atomic E-state index is 0.548. The first-order valence-corrected chi connectivity index (χ1v) is 7.44. The molecule has 0 radical (unpaired) electrons. The molecule has 4 nitrogen and oxygen atoms in total. The second kappa shape index (κ2) is 6.81. The number of halogens is 1. The molecule has 0 saturated heterocycles. The Morgan fingerprint density at radius 3 is 2.65 bits per heavy atom. The molecule has 0 atom stereocenters. The Hall–Kier alpha value is -1.46. The van der Waals surface area contributed by atoms with Gasteiger partial charge in [-0.1, -0.05) is 48.0 Å². The van der Waals surface area contributed by atoms with Crippen molar-refractivity contribution in [2.24, 2.45) is 11.8 Å². The van der Waals surface area contributed by atoms with E-state index in [0.717, 1.165) is 28.0 Å². The van der Waals surface area contributed by atoms with E-state index in [-0.39, 0.29) is 0 Å². The smallest absolute Gasteiger partial charge is 0.143 e. The van der Waals surface area contributed by atoms with Crippen LogP contribution in [0.2, 0.25) is 0 Å². The van der Waals surface area contributed by atoms with Gasteiger partial charge in [-0.15, -0.1) is 0 Å². The summed E-state index contributed by atoms with van der Waals surface area (Å²) in [6.45, 7) is 4.34. The van der Waals surface area contributed by atoms with Crippen molar-refractivity contribution in [3.63, 3.8) is 0 Å². The first-order valence-electron chi connectivity index (χ1n) is 6.65. The van der Waals surface area contributed by atoms with E-state index in [0.29, 0.717) is 18.2 Å². The number of benzene rings is 1. The van der Waals surface area contributed by atoms with Crippen LogP contribution in [0.4, 0.5) is 5.82 Å². The highest BCUT2D eigenvalue weighted by Gasteiger charge is 2.08. The Morgan fingerprint density at radius 1 is 1.25 bits per heavy atom. The number of nitrogen functional groups attached to an aromatic ring is 1. The Kier molecular flexibility index (Phi) is 5.09. The van der Waals surface area contributed by atoms with Gasteiger partial charge in [0.15, 0.2) is 0 Å². The maximum absolute atomic E-state index is 5.49. The van der Waals surface area contributed by atoms with E-state index < -0.39 is 0 Å². The van der Waals surface area contributed by atoms with Crippen molar-refractivity contribution in [3.8, 4) is 0 Å². The molecule has 0 fully saturated rings. The van der Waals surface area contributed by atoms with Gasteiger partial charge in [-0.3, -0.25) is 0 Å². The van der Waals surface area contributed by atoms with Gasteiger partial charge in [0.25, 0.3) is 0 Å². The Balaban J connectivity index is 2.29. The highest BCUT2D eigenvalue weighted by Crippen LogP contribution is 2.19. The molecule has 0 unspecified atom stereocenters. The molecule has 0 spiro atoms. The fraction of sp³-hybridized carbons (Fsp3) is 0.333. The molecule has 20 heavy (non-hydrogen) atoms. The lowest BCUT2D eigenvalue weighted by atomic mass is 10.1. The lowest BCUT2D eigenvalue weighted by Crippen LogP contribution is -2.12. The molecule has 0 amide bonds. The van der Waals surface area contributed by atoms with Crippen LogP contribution in [0.1, 0.15) is 30.9 Å². The monoisotopic (exact) mass is 334 g/mol. The second-order valence-electron chi connectivity index (χ2n) is 5.17. The fourth-order valence-corrected chi connectivity index (χ4v) is 2.47. The molecule has 1 aromatic carbocycles. The highest BCUT2D eigenvalue weighted by molar-refractivity contribution is 9.10. The van der Waals surface area contributed by atoms with Crippen molar-refractivity contribution in [3.05, 3.63) is 51.9 Å². The summed E-state index contributed by atoms with van der Waals surface area (Å²) < 4.78 is 1.07. The molecule has 0 aliphatic heterocycles. The number of hydrazine groups is 1. The standard InChI is InChI=1S/C15H19BrN4/c1-10(2)7-12-9-15(20-17)19-14(18-12)8-11-5-3-4-6-13(11)16/h3-6,9-10H,7-8,17H2,1-2H3,(H,18,19,20). The summed E-state index contributed by atoms with van der Waals surface area (Å²) in [5.41, 5.74) is 4.80. The number of nitrogens with two attached hydrogens (primary N) is 1. The molecule has 0 saturated carbocycles. The zero-order valence-corrected chi connectivity index (χ0v) is 13.3. The molecule has 0 bridgehead atoms. The van der Waals surface area contributed by atoms with E-state index in [1.807, 2.05) is 24.3 Å². The predicted molar refractivity (Wildman–Crippen MR) is 85.3 cm³/mol. The van der Waals surface area contributed by atoms with Gasteiger partial charge in [0.2, 0.25) is 0 Å². The molecule has 0 aliphatic carbocycles. The van der Waals surface area contributed by atoms with E-state index in [1.54, 1.807) is 0 Å². The van der Waals surface area contributed by atoms with Crippen molar-refractivity contribution in [1.29, 1.82) is 0 Å². The molecule has 2 rings (SSSR count). The van der Waals surface area contributed by atoms with Crippen LogP contribution in [0.5, 0.6) is 0 Å². The van der Waals surface area contributed by atoms with Crippen LogP contribution in [0.25, 0.3) is 0 Å². The summed E-state index contributed by atoms with van der Waals surface area (Å²) in [6.07, 6.45) is 1.60. The van der Waals surface area contributed by atoms with Crippen molar-refractivity contribution >= 4 is 21.7 Å². The molecule has 1 heterocycles. The summed E-state index contributed by atoms with van der Waals surface area (Å²) in [7, 11) is 0. The Morgan fingerprint density at radius 2 is 2.00 bits per heavy atom. The number of anilines is 1. The van der Waals surface area contributed by atoms with Gasteiger partial charge in [0.1, 0.15) is 11.6 Å². The highest BCUT2D eigenvalue weighted by atomic mass is 79.9. The minimum Gasteiger partial charge on any atom is -0.308 e. The van der Waals surface area contributed by atoms with Gasteiger partial charge in [0, 0.05) is 22.7 Å². The fourth-order valence-electron chi connectivity index (χ4n) is 2.04. The molecule has 5 heteroatoms. The SMILES string of the molecule is CC(C)Cc1cc(NN)nc(Cc2ccccc2Br)n1. The van der Waals surface area contributed by atoms with E-state index in [1.165, 1.54) is 0 Å². The van der Waals surface area contributed by atoms with Crippen molar-refractivity contribution in [2.75, 3.05) is 5.43 Å². The number of nitrogens with one attached hydrogen (secondary N) is 1. The normalized spacial score (nSPS) is 10.8. The zero-order chi connectivity index (χ0) is 14.5. The van der Waals surface area contributed by atoms with Gasteiger partial charge in [-0.05, 0) is 24.0 Å². The van der Waals surface area contributed by atoms with Crippen molar-refractivity contribution < 1.29 is 0 Å². The third-order valence-corrected chi connectivity index (χ3v) is 3.67. The van der Waals surface area contributed by atoms with E-state index in [9.17, 15) is 0 Å². The predicted octanol–water partition coefficient (Wildman–Crippen LogP) is 3.31. The number of rotatable bonds is 5. The molecule has 2 aromatic rings. The number of aromatic nitrogens is 2. The summed E-state index contributed by atoms with van der Waals surface area (Å²) >= 11 is 3.55. The second-order valence-corrected chi connectivity index (χ2v) is 6.03. The lowest BCUT2D eigenvalue weighted by Gasteiger charge is -2.10. The van der Waals surface area contributed by atoms with Crippen LogP contribution in [-0.4, -0.2) is 9.97 Å². The van der Waals surface area contributed by atoms with Gasteiger partial charge in [-0.25, -0.2) is 15.8 Å². The van der Waals surface area contributed by atoms with Gasteiger partial charge >= 0.3 is 0 Å². The topological polar surface area (TPSA) is 63.8 Å². The number of hydrogen-bond acceptors (Lipinski definition) is 4. The summed E-state index contributed by atoms with van der Waals surface area (Å²) in [4.78, 5) is 9.06.